The number of ether oxygens (including phenoxy) is 1. The van der Waals surface area contributed by atoms with Gasteiger partial charge >= 0.3 is 5.97 Å². The van der Waals surface area contributed by atoms with E-state index in [2.05, 4.69) is 15.9 Å². The molecule has 0 aliphatic carbocycles. The molecule has 0 spiro atoms. The van der Waals surface area contributed by atoms with Crippen molar-refractivity contribution in [3.63, 3.8) is 0 Å². The Kier molecular flexibility index (Phi) is 7.01. The maximum absolute atomic E-state index is 15.4. The summed E-state index contributed by atoms with van der Waals surface area (Å²) >= 11 is 15.3. The zero-order chi connectivity index (χ0) is 24.6. The van der Waals surface area contributed by atoms with Gasteiger partial charge in [0.25, 0.3) is 5.91 Å². The summed E-state index contributed by atoms with van der Waals surface area (Å²) in [6.07, 6.45) is -0.270. The van der Waals surface area contributed by atoms with E-state index in [0.29, 0.717) is 20.1 Å². The zero-order valence-electron chi connectivity index (χ0n) is 17.9. The standard InChI is InChI=1S/C25H19BrCl2FNO4/c1-2-34-22(31)13-21(14-3-7-17(27)8-4-14)30-24(32)19-11-16(26)12-20(29)23(19)25(30,33)15-5-9-18(28)10-6-15/h3-12,21,33H,2,13H2,1H3/t21-,25?/m0/s1. The lowest BCUT2D eigenvalue weighted by Crippen LogP contribution is -2.47. The minimum Gasteiger partial charge on any atom is -0.466 e. The van der Waals surface area contributed by atoms with Gasteiger partial charge in [0.1, 0.15) is 5.82 Å². The van der Waals surface area contributed by atoms with Crippen molar-refractivity contribution >= 4 is 51.0 Å². The molecule has 0 fully saturated rings. The van der Waals surface area contributed by atoms with Crippen LogP contribution in [0.5, 0.6) is 0 Å². The summed E-state index contributed by atoms with van der Waals surface area (Å²) in [5.74, 6) is -1.99. The lowest BCUT2D eigenvalue weighted by Gasteiger charge is -2.40. The molecule has 1 aliphatic heterocycles. The molecular formula is C25H19BrCl2FNO4. The first-order valence-corrected chi connectivity index (χ1v) is 11.9. The number of benzene rings is 3. The van der Waals surface area contributed by atoms with E-state index in [1.807, 2.05) is 0 Å². The van der Waals surface area contributed by atoms with Crippen molar-refractivity contribution in [2.45, 2.75) is 25.1 Å². The van der Waals surface area contributed by atoms with Crippen LogP contribution in [-0.2, 0) is 15.3 Å². The largest absolute Gasteiger partial charge is 0.466 e. The summed E-state index contributed by atoms with van der Waals surface area (Å²) in [6, 6.07) is 14.3. The molecule has 1 amide bonds. The molecule has 3 aromatic carbocycles. The van der Waals surface area contributed by atoms with Crippen molar-refractivity contribution in [1.29, 1.82) is 0 Å². The van der Waals surface area contributed by atoms with Crippen LogP contribution in [0.1, 0.15) is 46.4 Å². The van der Waals surface area contributed by atoms with E-state index in [0.717, 1.165) is 4.90 Å². The number of carbonyl (C=O) groups is 2. The Morgan fingerprint density at radius 3 is 2.29 bits per heavy atom. The first kappa shape index (κ1) is 24.7. The molecule has 0 saturated carbocycles. The predicted molar refractivity (Wildman–Crippen MR) is 130 cm³/mol. The number of aliphatic hydroxyl groups is 1. The maximum Gasteiger partial charge on any atom is 0.308 e. The van der Waals surface area contributed by atoms with Crippen LogP contribution < -0.4 is 0 Å². The van der Waals surface area contributed by atoms with Crippen LogP contribution in [0.25, 0.3) is 0 Å². The topological polar surface area (TPSA) is 66.8 Å². The van der Waals surface area contributed by atoms with Crippen molar-refractivity contribution in [2.24, 2.45) is 0 Å². The lowest BCUT2D eigenvalue weighted by molar-refractivity contribution is -0.146. The average Bonchev–Trinajstić information content (AvgIpc) is 3.01. The molecular weight excluding hydrogens is 548 g/mol. The van der Waals surface area contributed by atoms with Gasteiger partial charge in [-0.2, -0.15) is 0 Å². The van der Waals surface area contributed by atoms with Gasteiger partial charge in [-0.05, 0) is 48.9 Å². The number of amides is 1. The van der Waals surface area contributed by atoms with Crippen LogP contribution >= 0.6 is 39.1 Å². The van der Waals surface area contributed by atoms with E-state index in [4.69, 9.17) is 27.9 Å². The fourth-order valence-electron chi connectivity index (χ4n) is 4.25. The van der Waals surface area contributed by atoms with Crippen molar-refractivity contribution in [1.82, 2.24) is 4.90 Å². The first-order valence-electron chi connectivity index (χ1n) is 10.4. The first-order chi connectivity index (χ1) is 16.2. The summed E-state index contributed by atoms with van der Waals surface area (Å²) in [4.78, 5) is 27.5. The molecule has 9 heteroatoms. The summed E-state index contributed by atoms with van der Waals surface area (Å²) in [5, 5.41) is 13.0. The summed E-state index contributed by atoms with van der Waals surface area (Å²) < 4.78 is 20.8. The van der Waals surface area contributed by atoms with E-state index in [-0.39, 0.29) is 29.7 Å². The molecule has 3 aromatic rings. The SMILES string of the molecule is CCOC(=O)C[C@@H](c1ccc(Cl)cc1)N1C(=O)c2cc(Br)cc(F)c2C1(O)c1ccc(Cl)cc1. The van der Waals surface area contributed by atoms with E-state index >= 15 is 4.39 Å². The number of fused-ring (bicyclic) bond motifs is 1. The molecule has 1 N–H and O–H groups in total. The molecule has 1 heterocycles. The highest BCUT2D eigenvalue weighted by molar-refractivity contribution is 9.10. The number of carbonyl (C=O) groups excluding carboxylic acids is 2. The van der Waals surface area contributed by atoms with Gasteiger partial charge in [0.15, 0.2) is 5.72 Å². The van der Waals surface area contributed by atoms with Gasteiger partial charge in [0.2, 0.25) is 0 Å². The minimum absolute atomic E-state index is 0.0212. The predicted octanol–water partition coefficient (Wildman–Crippen LogP) is 6.24. The average molecular weight is 567 g/mol. The van der Waals surface area contributed by atoms with Crippen LogP contribution in [0.2, 0.25) is 10.0 Å². The summed E-state index contributed by atoms with van der Waals surface area (Å²) in [7, 11) is 0. The maximum atomic E-state index is 15.4. The molecule has 0 aromatic heterocycles. The molecule has 34 heavy (non-hydrogen) atoms. The van der Waals surface area contributed by atoms with Crippen LogP contribution in [0.15, 0.2) is 65.1 Å². The smallest absolute Gasteiger partial charge is 0.308 e. The highest BCUT2D eigenvalue weighted by Crippen LogP contribution is 2.49. The Bertz CT molecular complexity index is 1250. The van der Waals surface area contributed by atoms with Gasteiger partial charge < -0.3 is 9.84 Å². The van der Waals surface area contributed by atoms with E-state index in [9.17, 15) is 14.7 Å². The third-order valence-electron chi connectivity index (χ3n) is 5.68. The monoisotopic (exact) mass is 565 g/mol. The lowest BCUT2D eigenvalue weighted by atomic mass is 9.91. The quantitative estimate of drug-likeness (QED) is 0.359. The molecule has 176 valence electrons. The number of halogens is 4. The zero-order valence-corrected chi connectivity index (χ0v) is 21.0. The Morgan fingerprint density at radius 2 is 1.71 bits per heavy atom. The fraction of sp³-hybridized carbons (Fsp3) is 0.200. The number of rotatable bonds is 6. The molecule has 2 atom stereocenters. The van der Waals surface area contributed by atoms with Crippen LogP contribution in [0, 0.1) is 5.82 Å². The summed E-state index contributed by atoms with van der Waals surface area (Å²) in [6.45, 7) is 1.81. The van der Waals surface area contributed by atoms with Crippen LogP contribution in [0.4, 0.5) is 4.39 Å². The van der Waals surface area contributed by atoms with Gasteiger partial charge in [0, 0.05) is 20.1 Å². The van der Waals surface area contributed by atoms with Crippen molar-refractivity contribution in [3.05, 3.63) is 103 Å². The Labute approximate surface area is 214 Å². The van der Waals surface area contributed by atoms with Gasteiger partial charge in [0.05, 0.1) is 30.2 Å². The Hall–Kier alpha value is -2.45. The van der Waals surface area contributed by atoms with Gasteiger partial charge in [-0.1, -0.05) is 63.4 Å². The Balaban J connectivity index is 1.97. The second-order valence-electron chi connectivity index (χ2n) is 7.74. The molecule has 0 radical (unpaired) electrons. The Morgan fingerprint density at radius 1 is 1.12 bits per heavy atom. The van der Waals surface area contributed by atoms with E-state index in [1.54, 1.807) is 31.2 Å². The highest BCUT2D eigenvalue weighted by Gasteiger charge is 2.55. The van der Waals surface area contributed by atoms with Gasteiger partial charge in [-0.25, -0.2) is 4.39 Å². The third-order valence-corrected chi connectivity index (χ3v) is 6.64. The molecule has 1 unspecified atom stereocenters. The second-order valence-corrected chi connectivity index (χ2v) is 9.53. The third kappa shape index (κ3) is 4.33. The second kappa shape index (κ2) is 9.66. The van der Waals surface area contributed by atoms with Gasteiger partial charge in [-0.15, -0.1) is 0 Å². The van der Waals surface area contributed by atoms with Crippen molar-refractivity contribution in [3.8, 4) is 0 Å². The fourth-order valence-corrected chi connectivity index (χ4v) is 4.93. The summed E-state index contributed by atoms with van der Waals surface area (Å²) in [5.41, 5.74) is -1.71. The van der Waals surface area contributed by atoms with Crippen LogP contribution in [0.3, 0.4) is 0 Å². The number of esters is 1. The number of hydrogen-bond acceptors (Lipinski definition) is 4. The number of hydrogen-bond donors (Lipinski definition) is 1. The minimum atomic E-state index is -2.22. The van der Waals surface area contributed by atoms with Gasteiger partial charge in [-0.3, -0.25) is 14.5 Å². The number of nitrogens with zero attached hydrogens (tertiary/aromatic N) is 1. The van der Waals surface area contributed by atoms with Crippen LogP contribution in [-0.4, -0.2) is 28.5 Å². The molecule has 5 nitrogen and oxygen atoms in total. The molecule has 1 aliphatic rings. The van der Waals surface area contributed by atoms with E-state index in [1.165, 1.54) is 36.4 Å². The molecule has 0 bridgehead atoms. The van der Waals surface area contributed by atoms with E-state index < -0.39 is 29.5 Å². The highest BCUT2D eigenvalue weighted by atomic mass is 79.9. The van der Waals surface area contributed by atoms with Crippen molar-refractivity contribution < 1.29 is 23.8 Å². The molecule has 0 saturated heterocycles. The molecule has 4 rings (SSSR count). The van der Waals surface area contributed by atoms with Crippen molar-refractivity contribution in [2.75, 3.05) is 6.61 Å². The normalized spacial score (nSPS) is 18.1.